The molecular formula is C11H16ClN3O2. The number of carbonyl (C=O) groups excluding carboxylic acids is 1. The summed E-state index contributed by atoms with van der Waals surface area (Å²) in [5.74, 6) is 0.348. The molecule has 1 heterocycles. The Morgan fingerprint density at radius 2 is 2.12 bits per heavy atom. The number of hydrogen-bond donors (Lipinski definition) is 2. The quantitative estimate of drug-likeness (QED) is 0.601. The first-order valence-electron chi connectivity index (χ1n) is 5.48. The van der Waals surface area contributed by atoms with Crippen LogP contribution < -0.4 is 5.32 Å². The van der Waals surface area contributed by atoms with Gasteiger partial charge in [-0.15, -0.1) is 0 Å². The standard InChI is InChI=1S/C11H16ClN3O2/c1-3-11(17,4-2)6-13-10-8(5-16)9(12)14-7-15-10/h5,7,17H,3-4,6H2,1-2H3,(H,13,14,15). The van der Waals surface area contributed by atoms with E-state index in [0.29, 0.717) is 31.5 Å². The number of nitrogens with zero attached hydrogens (tertiary/aromatic N) is 2. The third kappa shape index (κ3) is 3.38. The van der Waals surface area contributed by atoms with Crippen molar-refractivity contribution < 1.29 is 9.90 Å². The Morgan fingerprint density at radius 1 is 1.47 bits per heavy atom. The lowest BCUT2D eigenvalue weighted by molar-refractivity contribution is 0.0456. The van der Waals surface area contributed by atoms with Crippen LogP contribution in [0.3, 0.4) is 0 Å². The molecule has 0 aliphatic heterocycles. The second-order valence-corrected chi connectivity index (χ2v) is 4.19. The van der Waals surface area contributed by atoms with Crippen LogP contribution in [-0.2, 0) is 0 Å². The van der Waals surface area contributed by atoms with E-state index in [1.54, 1.807) is 0 Å². The van der Waals surface area contributed by atoms with E-state index in [4.69, 9.17) is 11.6 Å². The number of nitrogens with one attached hydrogen (secondary N) is 1. The van der Waals surface area contributed by atoms with Crippen molar-refractivity contribution >= 4 is 23.7 Å². The van der Waals surface area contributed by atoms with Gasteiger partial charge in [-0.25, -0.2) is 9.97 Å². The van der Waals surface area contributed by atoms with Crippen molar-refractivity contribution in [1.29, 1.82) is 0 Å². The summed E-state index contributed by atoms with van der Waals surface area (Å²) < 4.78 is 0. The number of aliphatic hydroxyl groups is 1. The van der Waals surface area contributed by atoms with Crippen LogP contribution in [-0.4, -0.2) is 33.5 Å². The maximum Gasteiger partial charge on any atom is 0.156 e. The molecule has 1 rings (SSSR count). The highest BCUT2D eigenvalue weighted by molar-refractivity contribution is 6.32. The second-order valence-electron chi connectivity index (χ2n) is 3.83. The van der Waals surface area contributed by atoms with Gasteiger partial charge in [0.05, 0.1) is 11.2 Å². The Kier molecular flexibility index (Phi) is 4.84. The van der Waals surface area contributed by atoms with Crippen molar-refractivity contribution in [3.63, 3.8) is 0 Å². The fourth-order valence-electron chi connectivity index (χ4n) is 1.37. The Labute approximate surface area is 105 Å². The minimum atomic E-state index is -0.808. The SMILES string of the molecule is CCC(O)(CC)CNc1ncnc(Cl)c1C=O. The molecule has 0 radical (unpaired) electrons. The highest BCUT2D eigenvalue weighted by atomic mass is 35.5. The largest absolute Gasteiger partial charge is 0.388 e. The van der Waals surface area contributed by atoms with E-state index in [9.17, 15) is 9.90 Å². The summed E-state index contributed by atoms with van der Waals surface area (Å²) in [5, 5.41) is 13.1. The van der Waals surface area contributed by atoms with Gasteiger partial charge in [0.15, 0.2) is 6.29 Å². The molecule has 17 heavy (non-hydrogen) atoms. The molecular weight excluding hydrogens is 242 g/mol. The normalized spacial score (nSPS) is 11.3. The molecule has 0 aromatic carbocycles. The highest BCUT2D eigenvalue weighted by Gasteiger charge is 2.22. The summed E-state index contributed by atoms with van der Waals surface area (Å²) in [5.41, 5.74) is -0.596. The summed E-state index contributed by atoms with van der Waals surface area (Å²) in [7, 11) is 0. The molecule has 0 aliphatic carbocycles. The average molecular weight is 258 g/mol. The van der Waals surface area contributed by atoms with Crippen LogP contribution >= 0.6 is 11.6 Å². The van der Waals surface area contributed by atoms with Gasteiger partial charge in [0.2, 0.25) is 0 Å². The van der Waals surface area contributed by atoms with Gasteiger partial charge in [0.1, 0.15) is 17.3 Å². The number of rotatable bonds is 6. The van der Waals surface area contributed by atoms with Crippen LogP contribution in [0.5, 0.6) is 0 Å². The van der Waals surface area contributed by atoms with Crippen LogP contribution in [0.1, 0.15) is 37.0 Å². The van der Waals surface area contributed by atoms with Gasteiger partial charge in [-0.3, -0.25) is 4.79 Å². The molecule has 1 aromatic heterocycles. The van der Waals surface area contributed by atoms with Crippen LogP contribution in [0, 0.1) is 0 Å². The summed E-state index contributed by atoms with van der Waals surface area (Å²) >= 11 is 5.76. The Bertz CT molecular complexity index is 394. The molecule has 0 bridgehead atoms. The van der Waals surface area contributed by atoms with Crippen molar-refractivity contribution in [3.05, 3.63) is 17.0 Å². The number of carbonyl (C=O) groups is 1. The van der Waals surface area contributed by atoms with Gasteiger partial charge in [0, 0.05) is 6.54 Å². The van der Waals surface area contributed by atoms with E-state index in [1.165, 1.54) is 6.33 Å². The molecule has 0 atom stereocenters. The molecule has 0 saturated heterocycles. The maximum atomic E-state index is 10.8. The van der Waals surface area contributed by atoms with E-state index in [1.807, 2.05) is 13.8 Å². The third-order valence-electron chi connectivity index (χ3n) is 2.85. The van der Waals surface area contributed by atoms with Gasteiger partial charge in [0.25, 0.3) is 0 Å². The fraction of sp³-hybridized carbons (Fsp3) is 0.545. The number of hydrogen-bond acceptors (Lipinski definition) is 5. The number of aromatic nitrogens is 2. The van der Waals surface area contributed by atoms with Crippen molar-refractivity contribution in [1.82, 2.24) is 9.97 Å². The second kappa shape index (κ2) is 5.93. The fourth-order valence-corrected chi connectivity index (χ4v) is 1.55. The van der Waals surface area contributed by atoms with Crippen LogP contribution in [0.4, 0.5) is 5.82 Å². The minimum Gasteiger partial charge on any atom is -0.388 e. The molecule has 6 heteroatoms. The monoisotopic (exact) mass is 257 g/mol. The number of halogens is 1. The lowest BCUT2D eigenvalue weighted by Gasteiger charge is -2.25. The van der Waals surface area contributed by atoms with E-state index in [2.05, 4.69) is 15.3 Å². The zero-order valence-electron chi connectivity index (χ0n) is 9.90. The van der Waals surface area contributed by atoms with E-state index >= 15 is 0 Å². The van der Waals surface area contributed by atoms with Crippen LogP contribution in [0.25, 0.3) is 0 Å². The molecule has 0 fully saturated rings. The molecule has 0 unspecified atom stereocenters. The van der Waals surface area contributed by atoms with E-state index < -0.39 is 5.60 Å². The topological polar surface area (TPSA) is 75.1 Å². The summed E-state index contributed by atoms with van der Waals surface area (Å²) in [6.45, 7) is 4.12. The van der Waals surface area contributed by atoms with Gasteiger partial charge in [-0.2, -0.15) is 0 Å². The lowest BCUT2D eigenvalue weighted by atomic mass is 9.97. The Hall–Kier alpha value is -1.20. The molecule has 0 spiro atoms. The van der Waals surface area contributed by atoms with E-state index in [-0.39, 0.29) is 10.7 Å². The predicted molar refractivity (Wildman–Crippen MR) is 66.5 cm³/mol. The van der Waals surface area contributed by atoms with Crippen molar-refractivity contribution in [2.24, 2.45) is 0 Å². The Morgan fingerprint density at radius 3 is 2.65 bits per heavy atom. The maximum absolute atomic E-state index is 10.8. The highest BCUT2D eigenvalue weighted by Crippen LogP contribution is 2.20. The molecule has 5 nitrogen and oxygen atoms in total. The first-order chi connectivity index (χ1) is 8.06. The minimum absolute atomic E-state index is 0.106. The van der Waals surface area contributed by atoms with Gasteiger partial charge < -0.3 is 10.4 Å². The summed E-state index contributed by atoms with van der Waals surface area (Å²) in [6.07, 6.45) is 3.10. The smallest absolute Gasteiger partial charge is 0.156 e. The van der Waals surface area contributed by atoms with Gasteiger partial charge in [-0.1, -0.05) is 25.4 Å². The van der Waals surface area contributed by atoms with Crippen molar-refractivity contribution in [3.8, 4) is 0 Å². The van der Waals surface area contributed by atoms with Crippen molar-refractivity contribution in [2.45, 2.75) is 32.3 Å². The predicted octanol–water partition coefficient (Wildman–Crippen LogP) is 1.91. The molecule has 2 N–H and O–H groups in total. The summed E-state index contributed by atoms with van der Waals surface area (Å²) in [4.78, 5) is 18.5. The lowest BCUT2D eigenvalue weighted by Crippen LogP contribution is -2.35. The third-order valence-corrected chi connectivity index (χ3v) is 3.16. The zero-order chi connectivity index (χ0) is 12.9. The first kappa shape index (κ1) is 13.9. The first-order valence-corrected chi connectivity index (χ1v) is 5.86. The molecule has 0 amide bonds. The van der Waals surface area contributed by atoms with Gasteiger partial charge >= 0.3 is 0 Å². The van der Waals surface area contributed by atoms with Crippen LogP contribution in [0.2, 0.25) is 5.15 Å². The molecule has 1 aromatic rings. The Balaban J connectivity index is 2.82. The summed E-state index contributed by atoms with van der Waals surface area (Å²) in [6, 6.07) is 0. The van der Waals surface area contributed by atoms with Crippen LogP contribution in [0.15, 0.2) is 6.33 Å². The number of aldehydes is 1. The molecule has 94 valence electrons. The number of anilines is 1. The van der Waals surface area contributed by atoms with Crippen molar-refractivity contribution in [2.75, 3.05) is 11.9 Å². The average Bonchev–Trinajstić information content (AvgIpc) is 2.36. The zero-order valence-corrected chi connectivity index (χ0v) is 10.7. The molecule has 0 saturated carbocycles. The molecule has 0 aliphatic rings. The van der Waals surface area contributed by atoms with E-state index in [0.717, 1.165) is 0 Å². The van der Waals surface area contributed by atoms with Gasteiger partial charge in [-0.05, 0) is 12.8 Å².